The first-order valence-electron chi connectivity index (χ1n) is 13.1. The van der Waals surface area contributed by atoms with Gasteiger partial charge in [-0.15, -0.1) is 0 Å². The Morgan fingerprint density at radius 2 is 1.89 bits per heavy atom. The van der Waals surface area contributed by atoms with E-state index in [1.54, 1.807) is 6.20 Å². The van der Waals surface area contributed by atoms with E-state index in [0.717, 1.165) is 53.6 Å². The molecule has 1 aliphatic rings. The van der Waals surface area contributed by atoms with Gasteiger partial charge in [0.15, 0.2) is 0 Å². The number of aromatic nitrogens is 3. The summed E-state index contributed by atoms with van der Waals surface area (Å²) in [5.41, 5.74) is 5.61. The minimum absolute atomic E-state index is 0.0414. The molecule has 1 amide bonds. The molecule has 3 heterocycles. The first-order chi connectivity index (χ1) is 18.5. The molecule has 7 nitrogen and oxygen atoms in total. The lowest BCUT2D eigenvalue weighted by Gasteiger charge is -2.23. The highest BCUT2D eigenvalue weighted by Gasteiger charge is 2.19. The van der Waals surface area contributed by atoms with Crippen molar-refractivity contribution in [3.63, 3.8) is 0 Å². The number of carbonyl (C=O) groups is 1. The van der Waals surface area contributed by atoms with Crippen molar-refractivity contribution in [2.24, 2.45) is 5.92 Å². The van der Waals surface area contributed by atoms with Crippen molar-refractivity contribution in [3.8, 4) is 5.75 Å². The molecule has 1 unspecified atom stereocenters. The van der Waals surface area contributed by atoms with Gasteiger partial charge < -0.3 is 14.4 Å². The molecule has 0 aliphatic carbocycles. The minimum atomic E-state index is -0.0414. The average molecular weight is 511 g/mol. The highest BCUT2D eigenvalue weighted by atomic mass is 16.5. The van der Waals surface area contributed by atoms with Crippen LogP contribution in [0.25, 0.3) is 0 Å². The Balaban J connectivity index is 1.34. The predicted octanol–water partition coefficient (Wildman–Crippen LogP) is 5.20. The third-order valence-electron chi connectivity index (χ3n) is 6.76. The van der Waals surface area contributed by atoms with Crippen LogP contribution in [0.3, 0.4) is 0 Å². The zero-order chi connectivity index (χ0) is 26.3. The van der Waals surface area contributed by atoms with Gasteiger partial charge in [-0.2, -0.15) is 5.10 Å². The van der Waals surface area contributed by atoms with Gasteiger partial charge in [-0.05, 0) is 73.9 Å². The number of aryl methyl sites for hydroxylation is 2. The minimum Gasteiger partial charge on any atom is -0.493 e. The zero-order valence-electron chi connectivity index (χ0n) is 22.0. The second kappa shape index (κ2) is 12.0. The molecular formula is C31H34N4O3. The Labute approximate surface area is 224 Å². The number of nitrogens with zero attached hydrogens (tertiary/aromatic N) is 4. The summed E-state index contributed by atoms with van der Waals surface area (Å²) in [4.78, 5) is 20.2. The van der Waals surface area contributed by atoms with Crippen LogP contribution >= 0.6 is 0 Å². The van der Waals surface area contributed by atoms with Crippen LogP contribution < -0.4 is 4.74 Å². The number of amides is 1. The lowest BCUT2D eigenvalue weighted by molar-refractivity contribution is 0.0727. The van der Waals surface area contributed by atoms with E-state index in [2.05, 4.69) is 16.1 Å². The largest absolute Gasteiger partial charge is 0.493 e. The standard InChI is InChI=1S/C31H34N4O3/c1-23-15-24(2)35(33-23)19-25-7-5-9-28(16-25)31(36)34(20-29-10-3-4-13-32-29)18-26-8-6-11-30(17-26)38-22-27-12-14-37-21-27/h3-11,13,15-17,27H,12,14,18-22H2,1-2H3. The lowest BCUT2D eigenvalue weighted by Crippen LogP contribution is -2.30. The van der Waals surface area contributed by atoms with Crippen LogP contribution in [-0.2, 0) is 24.4 Å². The van der Waals surface area contributed by atoms with E-state index in [-0.39, 0.29) is 5.91 Å². The molecule has 0 N–H and O–H groups in total. The highest BCUT2D eigenvalue weighted by molar-refractivity contribution is 5.94. The van der Waals surface area contributed by atoms with Crippen LogP contribution in [0.15, 0.2) is 79.0 Å². The summed E-state index contributed by atoms with van der Waals surface area (Å²) < 4.78 is 13.5. The molecule has 1 saturated heterocycles. The van der Waals surface area contributed by atoms with E-state index in [9.17, 15) is 4.79 Å². The number of hydrogen-bond donors (Lipinski definition) is 0. The van der Waals surface area contributed by atoms with Crippen molar-refractivity contribution in [3.05, 3.63) is 113 Å². The summed E-state index contributed by atoms with van der Waals surface area (Å²) in [6.45, 7) is 7.71. The van der Waals surface area contributed by atoms with E-state index >= 15 is 0 Å². The second-order valence-electron chi connectivity index (χ2n) is 9.96. The van der Waals surface area contributed by atoms with E-state index in [1.807, 2.05) is 90.2 Å². The van der Waals surface area contributed by atoms with Crippen LogP contribution in [0.4, 0.5) is 0 Å². The van der Waals surface area contributed by atoms with Crippen molar-refractivity contribution < 1.29 is 14.3 Å². The van der Waals surface area contributed by atoms with Gasteiger partial charge in [-0.3, -0.25) is 14.5 Å². The Hall–Kier alpha value is -3.97. The number of pyridine rings is 1. The lowest BCUT2D eigenvalue weighted by atomic mass is 10.1. The Bertz CT molecular complexity index is 1360. The number of benzene rings is 2. The molecule has 0 bridgehead atoms. The molecule has 196 valence electrons. The normalized spacial score (nSPS) is 14.9. The van der Waals surface area contributed by atoms with Crippen LogP contribution in [0.1, 0.15) is 45.0 Å². The van der Waals surface area contributed by atoms with Gasteiger partial charge in [0.1, 0.15) is 5.75 Å². The summed E-state index contributed by atoms with van der Waals surface area (Å²) in [5, 5.41) is 4.57. The Morgan fingerprint density at radius 3 is 2.66 bits per heavy atom. The van der Waals surface area contributed by atoms with Crippen molar-refractivity contribution in [1.82, 2.24) is 19.7 Å². The summed E-state index contributed by atoms with van der Waals surface area (Å²) in [6.07, 6.45) is 2.79. The van der Waals surface area contributed by atoms with Crippen molar-refractivity contribution in [1.29, 1.82) is 0 Å². The molecule has 0 spiro atoms. The van der Waals surface area contributed by atoms with E-state index in [0.29, 0.717) is 37.7 Å². The molecule has 1 atom stereocenters. The maximum atomic E-state index is 13.8. The second-order valence-corrected chi connectivity index (χ2v) is 9.96. The van der Waals surface area contributed by atoms with Gasteiger partial charge in [0.05, 0.1) is 37.7 Å². The molecule has 2 aromatic carbocycles. The quantitative estimate of drug-likeness (QED) is 0.293. The summed E-state index contributed by atoms with van der Waals surface area (Å²) in [5.74, 6) is 1.20. The zero-order valence-corrected chi connectivity index (χ0v) is 22.0. The molecule has 0 radical (unpaired) electrons. The fourth-order valence-electron chi connectivity index (χ4n) is 4.76. The molecule has 7 heteroatoms. The number of hydrogen-bond acceptors (Lipinski definition) is 5. The maximum absolute atomic E-state index is 13.8. The maximum Gasteiger partial charge on any atom is 0.254 e. The summed E-state index contributed by atoms with van der Waals surface area (Å²) >= 11 is 0. The molecular weight excluding hydrogens is 476 g/mol. The van der Waals surface area contributed by atoms with Gasteiger partial charge >= 0.3 is 0 Å². The first kappa shape index (κ1) is 25.7. The Morgan fingerprint density at radius 1 is 1.03 bits per heavy atom. The van der Waals surface area contributed by atoms with Crippen LogP contribution in [0.5, 0.6) is 5.75 Å². The Kier molecular flexibility index (Phi) is 8.14. The van der Waals surface area contributed by atoms with Crippen molar-refractivity contribution in [2.45, 2.75) is 39.9 Å². The van der Waals surface area contributed by atoms with Gasteiger partial charge in [-0.25, -0.2) is 0 Å². The molecule has 5 rings (SSSR count). The van der Waals surface area contributed by atoms with Crippen molar-refractivity contribution >= 4 is 5.91 Å². The van der Waals surface area contributed by atoms with E-state index < -0.39 is 0 Å². The molecule has 2 aromatic heterocycles. The van der Waals surface area contributed by atoms with Crippen LogP contribution in [-0.4, -0.2) is 45.4 Å². The summed E-state index contributed by atoms with van der Waals surface area (Å²) in [6, 6.07) is 23.6. The highest BCUT2D eigenvalue weighted by Crippen LogP contribution is 2.21. The monoisotopic (exact) mass is 510 g/mol. The first-order valence-corrected chi connectivity index (χ1v) is 13.1. The third-order valence-corrected chi connectivity index (χ3v) is 6.76. The fraction of sp³-hybridized carbons (Fsp3) is 0.323. The fourth-order valence-corrected chi connectivity index (χ4v) is 4.76. The van der Waals surface area contributed by atoms with E-state index in [1.165, 1.54) is 0 Å². The number of carbonyl (C=O) groups excluding carboxylic acids is 1. The third kappa shape index (κ3) is 6.66. The molecule has 38 heavy (non-hydrogen) atoms. The van der Waals surface area contributed by atoms with Crippen molar-refractivity contribution in [2.75, 3.05) is 19.8 Å². The topological polar surface area (TPSA) is 69.5 Å². The number of ether oxygens (including phenoxy) is 2. The molecule has 4 aromatic rings. The number of rotatable bonds is 10. The molecule has 1 fully saturated rings. The smallest absolute Gasteiger partial charge is 0.254 e. The van der Waals surface area contributed by atoms with Crippen LogP contribution in [0, 0.1) is 19.8 Å². The molecule has 0 saturated carbocycles. The summed E-state index contributed by atoms with van der Waals surface area (Å²) in [7, 11) is 0. The van der Waals surface area contributed by atoms with E-state index in [4.69, 9.17) is 9.47 Å². The average Bonchev–Trinajstić information content (AvgIpc) is 3.56. The van der Waals surface area contributed by atoms with Gasteiger partial charge in [0.25, 0.3) is 5.91 Å². The van der Waals surface area contributed by atoms with Crippen LogP contribution in [0.2, 0.25) is 0 Å². The predicted molar refractivity (Wildman–Crippen MR) is 146 cm³/mol. The van der Waals surface area contributed by atoms with Gasteiger partial charge in [0, 0.05) is 36.5 Å². The van der Waals surface area contributed by atoms with Gasteiger partial charge in [-0.1, -0.05) is 30.3 Å². The van der Waals surface area contributed by atoms with Gasteiger partial charge in [0.2, 0.25) is 0 Å². The molecule has 1 aliphatic heterocycles. The SMILES string of the molecule is Cc1cc(C)n(Cc2cccc(C(=O)N(Cc3cccc(OCC4CCOC4)c3)Cc3ccccn3)c2)n1.